The maximum Gasteiger partial charge on any atom is 0.255 e. The molecule has 0 aromatic heterocycles. The zero-order valence-electron chi connectivity index (χ0n) is 15.1. The number of carbonyl (C=O) groups is 1. The van der Waals surface area contributed by atoms with Crippen molar-refractivity contribution in [3.05, 3.63) is 59.2 Å². The van der Waals surface area contributed by atoms with Crippen LogP contribution in [-0.2, 0) is 10.0 Å². The zero-order chi connectivity index (χ0) is 19.5. The van der Waals surface area contributed by atoms with Gasteiger partial charge in [-0.05, 0) is 69.7 Å². The van der Waals surface area contributed by atoms with Gasteiger partial charge in [-0.15, -0.1) is 0 Å². The van der Waals surface area contributed by atoms with Gasteiger partial charge in [-0.25, -0.2) is 13.1 Å². The number of hydrogen-bond acceptors (Lipinski definition) is 4. The van der Waals surface area contributed by atoms with E-state index in [1.54, 1.807) is 58.0 Å². The Balaban J connectivity index is 2.31. The molecule has 6 nitrogen and oxygen atoms in total. The second kappa shape index (κ2) is 7.28. The topological polar surface area (TPSA) is 99.1 Å². The highest BCUT2D eigenvalue weighted by Gasteiger charge is 2.23. The Morgan fingerprint density at radius 1 is 1.08 bits per heavy atom. The van der Waals surface area contributed by atoms with Gasteiger partial charge in [0.05, 0.1) is 16.5 Å². The smallest absolute Gasteiger partial charge is 0.255 e. The minimum Gasteiger partial charge on any atom is -0.322 e. The van der Waals surface area contributed by atoms with Gasteiger partial charge in [0.1, 0.15) is 0 Å². The Hall–Kier alpha value is -2.69. The van der Waals surface area contributed by atoms with Gasteiger partial charge in [-0.3, -0.25) is 4.79 Å². The lowest BCUT2D eigenvalue weighted by Crippen LogP contribution is -2.40. The molecule has 0 saturated heterocycles. The van der Waals surface area contributed by atoms with Crippen LogP contribution >= 0.6 is 0 Å². The molecule has 2 rings (SSSR count). The molecule has 2 aromatic rings. The van der Waals surface area contributed by atoms with E-state index in [4.69, 9.17) is 5.26 Å². The molecule has 2 N–H and O–H groups in total. The largest absolute Gasteiger partial charge is 0.322 e. The fraction of sp³-hybridized carbons (Fsp3) is 0.263. The van der Waals surface area contributed by atoms with E-state index < -0.39 is 21.5 Å². The van der Waals surface area contributed by atoms with Crippen molar-refractivity contribution in [3.8, 4) is 6.07 Å². The number of carbonyl (C=O) groups excluding carboxylic acids is 1. The predicted octanol–water partition coefficient (Wildman–Crippen LogP) is 3.20. The van der Waals surface area contributed by atoms with E-state index in [2.05, 4.69) is 10.0 Å². The number of sulfonamides is 1. The van der Waals surface area contributed by atoms with Crippen molar-refractivity contribution < 1.29 is 13.2 Å². The molecule has 2 aromatic carbocycles. The Labute approximate surface area is 153 Å². The molecule has 0 fully saturated rings. The van der Waals surface area contributed by atoms with Crippen LogP contribution in [0.3, 0.4) is 0 Å². The van der Waals surface area contributed by atoms with Crippen LogP contribution in [-0.4, -0.2) is 19.9 Å². The SMILES string of the molecule is Cc1ccc(S(=O)(=O)NC(C)(C)C)cc1C(=O)Nc1ccc(C#N)cc1. The van der Waals surface area contributed by atoms with Crippen LogP contribution < -0.4 is 10.0 Å². The highest BCUT2D eigenvalue weighted by molar-refractivity contribution is 7.89. The first-order chi connectivity index (χ1) is 12.0. The number of nitrogens with zero attached hydrogens (tertiary/aromatic N) is 1. The monoisotopic (exact) mass is 371 g/mol. The Morgan fingerprint density at radius 3 is 2.23 bits per heavy atom. The van der Waals surface area contributed by atoms with Crippen molar-refractivity contribution in [2.75, 3.05) is 5.32 Å². The van der Waals surface area contributed by atoms with Crippen molar-refractivity contribution in [1.29, 1.82) is 5.26 Å². The fourth-order valence-electron chi connectivity index (χ4n) is 2.30. The molecule has 0 atom stereocenters. The van der Waals surface area contributed by atoms with Crippen molar-refractivity contribution in [2.45, 2.75) is 38.1 Å². The summed E-state index contributed by atoms with van der Waals surface area (Å²) in [6.45, 7) is 6.98. The maximum absolute atomic E-state index is 12.6. The molecule has 0 aliphatic rings. The minimum atomic E-state index is -3.74. The van der Waals surface area contributed by atoms with E-state index in [0.29, 0.717) is 16.8 Å². The van der Waals surface area contributed by atoms with Crippen LogP contribution in [0.4, 0.5) is 5.69 Å². The van der Waals surface area contributed by atoms with E-state index >= 15 is 0 Å². The van der Waals surface area contributed by atoms with E-state index in [0.717, 1.165) is 0 Å². The molecule has 0 saturated carbocycles. The third-order valence-corrected chi connectivity index (χ3v) is 5.23. The van der Waals surface area contributed by atoms with Crippen LogP contribution in [0.1, 0.15) is 42.3 Å². The van der Waals surface area contributed by atoms with Gasteiger partial charge in [0.2, 0.25) is 10.0 Å². The molecule has 26 heavy (non-hydrogen) atoms. The van der Waals surface area contributed by atoms with Gasteiger partial charge in [0.15, 0.2) is 0 Å². The highest BCUT2D eigenvalue weighted by Crippen LogP contribution is 2.19. The number of anilines is 1. The second-order valence-electron chi connectivity index (χ2n) is 6.98. The summed E-state index contributed by atoms with van der Waals surface area (Å²) >= 11 is 0. The molecule has 0 heterocycles. The lowest BCUT2D eigenvalue weighted by atomic mass is 10.1. The molecule has 7 heteroatoms. The van der Waals surface area contributed by atoms with Gasteiger partial charge in [0, 0.05) is 16.8 Å². The number of rotatable bonds is 4. The normalized spacial score (nSPS) is 11.7. The minimum absolute atomic E-state index is 0.0306. The summed E-state index contributed by atoms with van der Waals surface area (Å²) in [5.41, 5.74) is 1.31. The summed E-state index contributed by atoms with van der Waals surface area (Å²) in [4.78, 5) is 12.6. The fourth-order valence-corrected chi connectivity index (χ4v) is 3.75. The summed E-state index contributed by atoms with van der Waals surface area (Å²) in [6, 6.07) is 12.9. The van der Waals surface area contributed by atoms with Crippen molar-refractivity contribution in [2.24, 2.45) is 0 Å². The quantitative estimate of drug-likeness (QED) is 0.862. The highest BCUT2D eigenvalue weighted by atomic mass is 32.2. The van der Waals surface area contributed by atoms with Gasteiger partial charge in [-0.2, -0.15) is 5.26 Å². The van der Waals surface area contributed by atoms with Crippen LogP contribution in [0, 0.1) is 18.3 Å². The van der Waals surface area contributed by atoms with E-state index in [1.807, 2.05) is 6.07 Å². The third-order valence-electron chi connectivity index (χ3n) is 3.48. The Morgan fingerprint density at radius 2 is 1.69 bits per heavy atom. The number of aryl methyl sites for hydroxylation is 1. The van der Waals surface area contributed by atoms with Gasteiger partial charge in [0.25, 0.3) is 5.91 Å². The second-order valence-corrected chi connectivity index (χ2v) is 8.66. The summed E-state index contributed by atoms with van der Waals surface area (Å²) in [5, 5.41) is 11.5. The van der Waals surface area contributed by atoms with Crippen LogP contribution in [0.2, 0.25) is 0 Å². The molecule has 1 amide bonds. The van der Waals surface area contributed by atoms with Gasteiger partial charge < -0.3 is 5.32 Å². The Bertz CT molecular complexity index is 967. The number of nitrogens with one attached hydrogen (secondary N) is 2. The average molecular weight is 371 g/mol. The average Bonchev–Trinajstić information content (AvgIpc) is 2.53. The van der Waals surface area contributed by atoms with E-state index in [9.17, 15) is 13.2 Å². The van der Waals surface area contributed by atoms with E-state index in [-0.39, 0.29) is 10.5 Å². The number of hydrogen-bond donors (Lipinski definition) is 2. The predicted molar refractivity (Wildman–Crippen MR) is 100 cm³/mol. The molecule has 0 aliphatic carbocycles. The van der Waals surface area contributed by atoms with Crippen molar-refractivity contribution in [1.82, 2.24) is 4.72 Å². The van der Waals surface area contributed by atoms with Crippen LogP contribution in [0.15, 0.2) is 47.4 Å². The number of nitriles is 1. The zero-order valence-corrected chi connectivity index (χ0v) is 15.9. The summed E-state index contributed by atoms with van der Waals surface area (Å²) in [7, 11) is -3.74. The lowest BCUT2D eigenvalue weighted by molar-refractivity contribution is 0.102. The Kier molecular flexibility index (Phi) is 5.50. The molecule has 0 bridgehead atoms. The third kappa shape index (κ3) is 4.91. The molecular formula is C19H21N3O3S. The van der Waals surface area contributed by atoms with Gasteiger partial charge in [-0.1, -0.05) is 6.07 Å². The number of benzene rings is 2. The first-order valence-corrected chi connectivity index (χ1v) is 9.46. The first-order valence-electron chi connectivity index (χ1n) is 7.98. The summed E-state index contributed by atoms with van der Waals surface area (Å²) in [5.74, 6) is -0.417. The summed E-state index contributed by atoms with van der Waals surface area (Å²) < 4.78 is 27.5. The maximum atomic E-state index is 12.6. The number of amides is 1. The first kappa shape index (κ1) is 19.6. The van der Waals surface area contributed by atoms with Gasteiger partial charge >= 0.3 is 0 Å². The van der Waals surface area contributed by atoms with Crippen LogP contribution in [0.25, 0.3) is 0 Å². The van der Waals surface area contributed by atoms with Crippen molar-refractivity contribution in [3.63, 3.8) is 0 Å². The molecular weight excluding hydrogens is 350 g/mol. The summed E-state index contributed by atoms with van der Waals surface area (Å²) in [6.07, 6.45) is 0. The van der Waals surface area contributed by atoms with E-state index in [1.165, 1.54) is 12.1 Å². The lowest BCUT2D eigenvalue weighted by Gasteiger charge is -2.20. The molecule has 0 unspecified atom stereocenters. The molecule has 0 radical (unpaired) electrons. The van der Waals surface area contributed by atoms with Crippen molar-refractivity contribution >= 4 is 21.6 Å². The molecule has 0 spiro atoms. The van der Waals surface area contributed by atoms with Crippen LogP contribution in [0.5, 0.6) is 0 Å². The standard InChI is InChI=1S/C19H21N3O3S/c1-13-5-10-16(26(24,25)22-19(2,3)4)11-17(13)18(23)21-15-8-6-14(12-20)7-9-15/h5-11,22H,1-4H3,(H,21,23). The molecule has 0 aliphatic heterocycles. The molecule has 136 valence electrons.